The predicted molar refractivity (Wildman–Crippen MR) is 147 cm³/mol. The maximum atomic E-state index is 11.8. The summed E-state index contributed by atoms with van der Waals surface area (Å²) in [5.74, 6) is 2.01. The van der Waals surface area contributed by atoms with Crippen molar-refractivity contribution in [2.75, 3.05) is 6.61 Å². The van der Waals surface area contributed by atoms with Gasteiger partial charge in [-0.05, 0) is 85.9 Å². The molecule has 1 aromatic rings. The number of aliphatic hydroxyl groups excluding tert-OH is 3. The van der Waals surface area contributed by atoms with Crippen molar-refractivity contribution >= 4 is 0 Å². The number of ether oxygens (including phenoxy) is 2. The molecule has 0 aromatic heterocycles. The van der Waals surface area contributed by atoms with E-state index >= 15 is 0 Å². The van der Waals surface area contributed by atoms with Crippen molar-refractivity contribution in [3.63, 3.8) is 0 Å². The molecule has 1 heterocycles. The first-order valence-corrected chi connectivity index (χ1v) is 15.3. The zero-order valence-electron chi connectivity index (χ0n) is 23.4. The van der Waals surface area contributed by atoms with E-state index in [1.54, 1.807) is 0 Å². The first-order valence-electron chi connectivity index (χ1n) is 15.3. The normalized spacial score (nSPS) is 49.7. The van der Waals surface area contributed by atoms with Gasteiger partial charge in [0.05, 0.1) is 31.0 Å². The van der Waals surface area contributed by atoms with Gasteiger partial charge >= 0.3 is 0 Å². The van der Waals surface area contributed by atoms with Gasteiger partial charge in [-0.1, -0.05) is 63.3 Å². The fraction of sp³-hybridized carbons (Fsp3) is 0.758. The average Bonchev–Trinajstić information content (AvgIpc) is 3.28. The van der Waals surface area contributed by atoms with Crippen molar-refractivity contribution in [1.82, 2.24) is 0 Å². The molecule has 3 N–H and O–H groups in total. The van der Waals surface area contributed by atoms with Gasteiger partial charge in [0, 0.05) is 17.4 Å². The average molecular weight is 525 g/mol. The number of hydrogen-bond acceptors (Lipinski definition) is 5. The summed E-state index contributed by atoms with van der Waals surface area (Å²) in [4.78, 5) is 0. The van der Waals surface area contributed by atoms with E-state index in [0.29, 0.717) is 36.2 Å². The Morgan fingerprint density at radius 3 is 2.53 bits per heavy atom. The minimum absolute atomic E-state index is 0.0285. The minimum atomic E-state index is -0.353. The fourth-order valence-corrected chi connectivity index (χ4v) is 9.98. The third kappa shape index (κ3) is 4.41. The Labute approximate surface area is 228 Å². The lowest BCUT2D eigenvalue weighted by molar-refractivity contribution is -0.206. The van der Waals surface area contributed by atoms with Crippen LogP contribution >= 0.6 is 0 Å². The monoisotopic (exact) mass is 524 g/mol. The standard InChI is InChI=1S/C33H48O5/c1-20(9-10-24-14-16-37-31(38-24)21-7-5-4-6-8-21)25-11-12-26-30-27(19-29(36)33(25,26)3)32(2)15-13-23(34)17-22(32)18-28(30)35/h4-10,20,22-31,34-36H,11-19H2,1-3H3/b10-9+/t20-,22+,23-,24-,25-,26+,27+,28-,29+,30+,31+,32+,33-/m1/s1. The summed E-state index contributed by atoms with van der Waals surface area (Å²) in [5.41, 5.74) is 0.982. The summed E-state index contributed by atoms with van der Waals surface area (Å²) in [6.07, 6.45) is 10.6. The summed E-state index contributed by atoms with van der Waals surface area (Å²) in [6.45, 7) is 7.71. The molecule has 5 nitrogen and oxygen atoms in total. The smallest absolute Gasteiger partial charge is 0.184 e. The molecule has 5 aliphatic rings. The van der Waals surface area contributed by atoms with Gasteiger partial charge < -0.3 is 24.8 Å². The molecule has 4 saturated carbocycles. The number of allylic oxidation sites excluding steroid dienone is 1. The van der Waals surface area contributed by atoms with E-state index in [4.69, 9.17) is 9.47 Å². The second kappa shape index (κ2) is 10.3. The van der Waals surface area contributed by atoms with Gasteiger partial charge in [-0.2, -0.15) is 0 Å². The van der Waals surface area contributed by atoms with Crippen LogP contribution in [0.2, 0.25) is 0 Å². The SMILES string of the molecule is C[C@H](/C=C/[C@@H]1CCO[C@H](c2ccccc2)O1)[C@H]1CC[C@H]2[C@@H]3[C@H](O)C[C@@H]4C[C@H](O)CC[C@]4(C)[C@H]3C[C@H](O)[C@]12C. The van der Waals surface area contributed by atoms with Crippen molar-refractivity contribution in [3.05, 3.63) is 48.0 Å². The van der Waals surface area contributed by atoms with Crippen molar-refractivity contribution in [2.24, 2.45) is 46.3 Å². The summed E-state index contributed by atoms with van der Waals surface area (Å²) >= 11 is 0. The molecule has 13 atom stereocenters. The highest BCUT2D eigenvalue weighted by molar-refractivity contribution is 5.18. The van der Waals surface area contributed by atoms with Crippen LogP contribution in [0.5, 0.6) is 0 Å². The summed E-state index contributed by atoms with van der Waals surface area (Å²) in [7, 11) is 0. The molecule has 5 heteroatoms. The first-order chi connectivity index (χ1) is 18.2. The van der Waals surface area contributed by atoms with Crippen LogP contribution in [0.4, 0.5) is 0 Å². The van der Waals surface area contributed by atoms with Gasteiger partial charge in [0.15, 0.2) is 6.29 Å². The summed E-state index contributed by atoms with van der Waals surface area (Å²) in [5, 5.41) is 33.7. The van der Waals surface area contributed by atoms with Crippen LogP contribution < -0.4 is 0 Å². The molecule has 0 radical (unpaired) electrons. The van der Waals surface area contributed by atoms with Gasteiger partial charge in [0.2, 0.25) is 0 Å². The zero-order valence-corrected chi connectivity index (χ0v) is 23.4. The second-order valence-electron chi connectivity index (χ2n) is 13.8. The lowest BCUT2D eigenvalue weighted by Gasteiger charge is -2.63. The highest BCUT2D eigenvalue weighted by Crippen LogP contribution is 2.68. The first kappa shape index (κ1) is 27.0. The van der Waals surface area contributed by atoms with E-state index in [-0.39, 0.29) is 47.5 Å². The Morgan fingerprint density at radius 1 is 0.947 bits per heavy atom. The lowest BCUT2D eigenvalue weighted by Crippen LogP contribution is -2.62. The maximum absolute atomic E-state index is 11.8. The van der Waals surface area contributed by atoms with Crippen LogP contribution in [0.1, 0.15) is 84.0 Å². The Bertz CT molecular complexity index is 996. The highest BCUT2D eigenvalue weighted by atomic mass is 16.7. The van der Waals surface area contributed by atoms with Crippen LogP contribution in [0.25, 0.3) is 0 Å². The van der Waals surface area contributed by atoms with Crippen LogP contribution in [0, 0.1) is 46.3 Å². The molecule has 1 saturated heterocycles. The van der Waals surface area contributed by atoms with E-state index in [1.165, 1.54) is 0 Å². The quantitative estimate of drug-likeness (QED) is 0.444. The Hall–Kier alpha value is -1.24. The van der Waals surface area contributed by atoms with E-state index in [2.05, 4.69) is 32.9 Å². The fourth-order valence-electron chi connectivity index (χ4n) is 9.98. The molecule has 1 aliphatic heterocycles. The van der Waals surface area contributed by atoms with Gasteiger partial charge in [-0.3, -0.25) is 0 Å². The lowest BCUT2D eigenvalue weighted by atomic mass is 9.43. The van der Waals surface area contributed by atoms with Gasteiger partial charge in [-0.15, -0.1) is 0 Å². The van der Waals surface area contributed by atoms with Crippen LogP contribution in [-0.4, -0.2) is 46.3 Å². The van der Waals surface area contributed by atoms with Crippen molar-refractivity contribution in [2.45, 2.75) is 103 Å². The van der Waals surface area contributed by atoms with Crippen molar-refractivity contribution in [1.29, 1.82) is 0 Å². The minimum Gasteiger partial charge on any atom is -0.393 e. The molecule has 1 aromatic carbocycles. The van der Waals surface area contributed by atoms with E-state index < -0.39 is 0 Å². The van der Waals surface area contributed by atoms with Crippen LogP contribution in [-0.2, 0) is 9.47 Å². The number of rotatable bonds is 4. The van der Waals surface area contributed by atoms with Crippen molar-refractivity contribution in [3.8, 4) is 0 Å². The molecule has 6 rings (SSSR count). The predicted octanol–water partition coefficient (Wildman–Crippen LogP) is 5.64. The van der Waals surface area contributed by atoms with Crippen LogP contribution in [0.3, 0.4) is 0 Å². The van der Waals surface area contributed by atoms with E-state index in [0.717, 1.165) is 56.9 Å². The summed E-state index contributed by atoms with van der Waals surface area (Å²) in [6, 6.07) is 10.1. The zero-order chi connectivity index (χ0) is 26.7. The molecule has 4 aliphatic carbocycles. The molecule has 0 bridgehead atoms. The molecule has 0 unspecified atom stereocenters. The molecular formula is C33H48O5. The number of benzene rings is 1. The Morgan fingerprint density at radius 2 is 1.74 bits per heavy atom. The Kier molecular flexibility index (Phi) is 7.31. The van der Waals surface area contributed by atoms with Gasteiger partial charge in [0.25, 0.3) is 0 Å². The summed E-state index contributed by atoms with van der Waals surface area (Å²) < 4.78 is 12.2. The molecule has 38 heavy (non-hydrogen) atoms. The highest BCUT2D eigenvalue weighted by Gasteiger charge is 2.65. The molecule has 210 valence electrons. The van der Waals surface area contributed by atoms with E-state index in [9.17, 15) is 15.3 Å². The third-order valence-electron chi connectivity index (χ3n) is 12.1. The Balaban J connectivity index is 1.17. The second-order valence-corrected chi connectivity index (χ2v) is 13.8. The molecule has 0 amide bonds. The van der Waals surface area contributed by atoms with Crippen LogP contribution in [0.15, 0.2) is 42.5 Å². The van der Waals surface area contributed by atoms with Crippen molar-refractivity contribution < 1.29 is 24.8 Å². The molecular weight excluding hydrogens is 476 g/mol. The maximum Gasteiger partial charge on any atom is 0.184 e. The van der Waals surface area contributed by atoms with Gasteiger partial charge in [0.1, 0.15) is 0 Å². The number of fused-ring (bicyclic) bond motifs is 5. The molecule has 0 spiro atoms. The number of hydrogen-bond donors (Lipinski definition) is 3. The van der Waals surface area contributed by atoms with E-state index in [1.807, 2.05) is 30.3 Å². The largest absolute Gasteiger partial charge is 0.393 e. The van der Waals surface area contributed by atoms with Gasteiger partial charge in [-0.25, -0.2) is 0 Å². The molecule has 5 fully saturated rings. The third-order valence-corrected chi connectivity index (χ3v) is 12.1. The number of aliphatic hydroxyl groups is 3. The topological polar surface area (TPSA) is 79.2 Å².